The minimum Gasteiger partial charge on any atom is -0.444 e. The molecule has 1 aliphatic rings. The Morgan fingerprint density at radius 1 is 1.06 bits per heavy atom. The lowest BCUT2D eigenvalue weighted by Crippen LogP contribution is -2.42. The Bertz CT molecular complexity index is 1480. The van der Waals surface area contributed by atoms with Crippen LogP contribution in [0.5, 0.6) is 0 Å². The fourth-order valence-corrected chi connectivity index (χ4v) is 4.61. The topological polar surface area (TPSA) is 89.0 Å². The molecule has 2 aromatic carbocycles. The molecule has 5 rings (SSSR count). The van der Waals surface area contributed by atoms with Crippen molar-refractivity contribution in [3.8, 4) is 17.2 Å². The number of likely N-dealkylation sites (tertiary alicyclic amines) is 1. The number of benzene rings is 2. The van der Waals surface area contributed by atoms with Gasteiger partial charge in [0, 0.05) is 43.3 Å². The zero-order valence-electron chi connectivity index (χ0n) is 20.2. The van der Waals surface area contributed by atoms with Crippen molar-refractivity contribution in [1.29, 1.82) is 5.26 Å². The quantitative estimate of drug-likeness (QED) is 0.400. The van der Waals surface area contributed by atoms with Crippen molar-refractivity contribution < 1.29 is 13.9 Å². The highest BCUT2D eigenvalue weighted by molar-refractivity contribution is 5.91. The van der Waals surface area contributed by atoms with Crippen LogP contribution in [0.2, 0.25) is 0 Å². The van der Waals surface area contributed by atoms with Gasteiger partial charge in [0.1, 0.15) is 22.7 Å². The minimum atomic E-state index is -0.529. The van der Waals surface area contributed by atoms with E-state index >= 15 is 4.39 Å². The lowest BCUT2D eigenvalue weighted by Gasteiger charge is -2.33. The third-order valence-corrected chi connectivity index (χ3v) is 6.25. The number of halogens is 1. The van der Waals surface area contributed by atoms with Gasteiger partial charge < -0.3 is 9.64 Å². The Hall–Kier alpha value is -3.93. The van der Waals surface area contributed by atoms with E-state index in [0.29, 0.717) is 53.5 Å². The summed E-state index contributed by atoms with van der Waals surface area (Å²) in [4.78, 5) is 14.1. The van der Waals surface area contributed by atoms with Crippen molar-refractivity contribution in [2.24, 2.45) is 7.05 Å². The third-order valence-electron chi connectivity index (χ3n) is 6.25. The van der Waals surface area contributed by atoms with Crippen LogP contribution < -0.4 is 0 Å². The van der Waals surface area contributed by atoms with E-state index in [9.17, 15) is 10.1 Å². The lowest BCUT2D eigenvalue weighted by atomic mass is 9.99. The van der Waals surface area contributed by atoms with E-state index in [4.69, 9.17) is 4.74 Å². The second-order valence-corrected chi connectivity index (χ2v) is 10.1. The molecule has 0 N–H and O–H groups in total. The Kier molecular flexibility index (Phi) is 5.47. The van der Waals surface area contributed by atoms with E-state index in [1.54, 1.807) is 22.7 Å². The normalized spacial score (nSPS) is 15.0. The molecule has 8 nitrogen and oxygen atoms in total. The maximum atomic E-state index is 15.1. The summed E-state index contributed by atoms with van der Waals surface area (Å²) in [5.41, 5.74) is 2.29. The summed E-state index contributed by atoms with van der Waals surface area (Å²) < 4.78 is 24.1. The first-order valence-corrected chi connectivity index (χ1v) is 11.7. The molecule has 9 heteroatoms. The molecule has 2 aromatic heterocycles. The summed E-state index contributed by atoms with van der Waals surface area (Å²) in [7, 11) is 1.80. The molecule has 4 aromatic rings. The number of hydrogen-bond acceptors (Lipinski definition) is 5. The fourth-order valence-electron chi connectivity index (χ4n) is 4.61. The van der Waals surface area contributed by atoms with Crippen LogP contribution in [0.1, 0.15) is 45.2 Å². The van der Waals surface area contributed by atoms with Crippen LogP contribution >= 0.6 is 0 Å². The summed E-state index contributed by atoms with van der Waals surface area (Å²) >= 11 is 0. The first-order chi connectivity index (χ1) is 16.6. The number of carbonyl (C=O) groups excluding carboxylic acids is 1. The summed E-state index contributed by atoms with van der Waals surface area (Å²) in [6, 6.07) is 9.28. The van der Waals surface area contributed by atoms with Crippen LogP contribution in [0.4, 0.5) is 9.18 Å². The van der Waals surface area contributed by atoms with Gasteiger partial charge >= 0.3 is 6.09 Å². The van der Waals surface area contributed by atoms with Crippen LogP contribution in [0.25, 0.3) is 32.9 Å². The molecule has 1 aliphatic heterocycles. The number of amides is 1. The highest BCUT2D eigenvalue weighted by Crippen LogP contribution is 2.32. The van der Waals surface area contributed by atoms with Crippen LogP contribution in [-0.2, 0) is 11.8 Å². The second-order valence-electron chi connectivity index (χ2n) is 10.1. The molecule has 3 heterocycles. The number of nitriles is 1. The molecule has 1 saturated heterocycles. The zero-order valence-corrected chi connectivity index (χ0v) is 20.2. The molecule has 1 fully saturated rings. The number of nitrogens with zero attached hydrogens (tertiary/aromatic N) is 6. The minimum absolute atomic E-state index is 0.0703. The predicted octanol–water partition coefficient (Wildman–Crippen LogP) is 5.17. The maximum absolute atomic E-state index is 15.1. The van der Waals surface area contributed by atoms with Crippen molar-refractivity contribution in [2.45, 2.75) is 45.3 Å². The third kappa shape index (κ3) is 4.44. The second kappa shape index (κ2) is 8.38. The molecule has 0 spiro atoms. The van der Waals surface area contributed by atoms with E-state index in [1.807, 2.05) is 50.0 Å². The molecule has 0 aliphatic carbocycles. The van der Waals surface area contributed by atoms with Gasteiger partial charge in [0.15, 0.2) is 5.82 Å². The Morgan fingerprint density at radius 2 is 1.71 bits per heavy atom. The van der Waals surface area contributed by atoms with Crippen molar-refractivity contribution in [3.05, 3.63) is 48.0 Å². The number of rotatable bonds is 2. The van der Waals surface area contributed by atoms with E-state index in [-0.39, 0.29) is 12.1 Å². The molecular weight excluding hydrogens is 447 g/mol. The molecule has 0 unspecified atom stereocenters. The highest BCUT2D eigenvalue weighted by atomic mass is 19.1. The maximum Gasteiger partial charge on any atom is 0.410 e. The molecule has 1 amide bonds. The molecule has 0 atom stereocenters. The standard InChI is InChI=1S/C26H27FN6O2/c1-26(2,3)35-25(34)32-7-5-21(6-8-32)33-15-20-11-17(12-22(27)24(20)30-33)16-9-18(13-28)23-19(10-16)14-31(4)29-23/h9-12,14-15,21H,5-8H2,1-4H3. The summed E-state index contributed by atoms with van der Waals surface area (Å²) in [6.07, 6.45) is 4.83. The summed E-state index contributed by atoms with van der Waals surface area (Å²) in [6.45, 7) is 6.68. The van der Waals surface area contributed by atoms with Gasteiger partial charge in [0.05, 0.1) is 11.6 Å². The first-order valence-electron chi connectivity index (χ1n) is 11.7. The monoisotopic (exact) mass is 474 g/mol. The van der Waals surface area contributed by atoms with E-state index in [2.05, 4.69) is 16.3 Å². The van der Waals surface area contributed by atoms with Gasteiger partial charge in [-0.2, -0.15) is 15.5 Å². The number of carbonyl (C=O) groups is 1. The van der Waals surface area contributed by atoms with Crippen LogP contribution in [0.15, 0.2) is 36.7 Å². The number of hydrogen-bond donors (Lipinski definition) is 0. The van der Waals surface area contributed by atoms with Crippen LogP contribution in [0, 0.1) is 17.1 Å². The summed E-state index contributed by atoms with van der Waals surface area (Å²) in [5, 5.41) is 20.0. The van der Waals surface area contributed by atoms with Crippen molar-refractivity contribution in [3.63, 3.8) is 0 Å². The van der Waals surface area contributed by atoms with E-state index in [0.717, 1.165) is 10.9 Å². The zero-order chi connectivity index (χ0) is 24.9. The number of piperidine rings is 1. The number of aromatic nitrogens is 4. The smallest absolute Gasteiger partial charge is 0.410 e. The molecular formula is C26H27FN6O2. The van der Waals surface area contributed by atoms with E-state index < -0.39 is 11.4 Å². The van der Waals surface area contributed by atoms with Gasteiger partial charge in [-0.3, -0.25) is 9.36 Å². The van der Waals surface area contributed by atoms with Crippen molar-refractivity contribution in [2.75, 3.05) is 13.1 Å². The first kappa shape index (κ1) is 22.8. The average molecular weight is 475 g/mol. The van der Waals surface area contributed by atoms with Crippen molar-refractivity contribution in [1.82, 2.24) is 24.5 Å². The van der Waals surface area contributed by atoms with Crippen molar-refractivity contribution >= 4 is 27.9 Å². The average Bonchev–Trinajstić information content (AvgIpc) is 3.40. The van der Waals surface area contributed by atoms with Gasteiger partial charge in [-0.15, -0.1) is 0 Å². The van der Waals surface area contributed by atoms with Crippen LogP contribution in [-0.4, -0.2) is 49.2 Å². The molecule has 180 valence electrons. The fraction of sp³-hybridized carbons (Fsp3) is 0.385. The van der Waals surface area contributed by atoms with Gasteiger partial charge in [0.25, 0.3) is 0 Å². The Morgan fingerprint density at radius 3 is 2.37 bits per heavy atom. The molecule has 35 heavy (non-hydrogen) atoms. The largest absolute Gasteiger partial charge is 0.444 e. The highest BCUT2D eigenvalue weighted by Gasteiger charge is 2.28. The van der Waals surface area contributed by atoms with Gasteiger partial charge in [-0.1, -0.05) is 0 Å². The molecule has 0 bridgehead atoms. The number of ether oxygens (including phenoxy) is 1. The van der Waals surface area contributed by atoms with Gasteiger partial charge in [-0.25, -0.2) is 9.18 Å². The van der Waals surface area contributed by atoms with Gasteiger partial charge in [-0.05, 0) is 69.0 Å². The van der Waals surface area contributed by atoms with Crippen LogP contribution in [0.3, 0.4) is 0 Å². The lowest BCUT2D eigenvalue weighted by molar-refractivity contribution is 0.0185. The number of aryl methyl sites for hydroxylation is 1. The molecule has 0 saturated carbocycles. The Balaban J connectivity index is 1.41. The summed E-state index contributed by atoms with van der Waals surface area (Å²) in [5.74, 6) is -0.410. The predicted molar refractivity (Wildman–Crippen MR) is 130 cm³/mol. The Labute approximate surface area is 202 Å². The number of fused-ring (bicyclic) bond motifs is 2. The van der Waals surface area contributed by atoms with Gasteiger partial charge in [0.2, 0.25) is 0 Å². The van der Waals surface area contributed by atoms with E-state index in [1.165, 1.54) is 6.07 Å². The SMILES string of the molecule is Cn1cc2cc(-c3cc(F)c4nn(C5CCN(C(=O)OC(C)(C)C)CC5)cc4c3)cc(C#N)c2n1. The molecule has 0 radical (unpaired) electrons.